The summed E-state index contributed by atoms with van der Waals surface area (Å²) in [6, 6.07) is 5.37. The minimum Gasteiger partial charge on any atom is -0.507 e. The van der Waals surface area contributed by atoms with Crippen molar-refractivity contribution in [3.05, 3.63) is 68.8 Å². The molecule has 8 rings (SSSR count). The molecule has 40 heavy (non-hydrogen) atoms. The van der Waals surface area contributed by atoms with Gasteiger partial charge in [0.05, 0.1) is 57.1 Å². The van der Waals surface area contributed by atoms with Gasteiger partial charge in [-0.1, -0.05) is 0 Å². The van der Waals surface area contributed by atoms with Crippen molar-refractivity contribution in [2.45, 2.75) is 26.1 Å². The predicted molar refractivity (Wildman–Crippen MR) is 134 cm³/mol. The van der Waals surface area contributed by atoms with Crippen molar-refractivity contribution in [1.29, 1.82) is 0 Å². The van der Waals surface area contributed by atoms with E-state index in [2.05, 4.69) is 0 Å². The predicted octanol–water partition coefficient (Wildman–Crippen LogP) is 1.70. The summed E-state index contributed by atoms with van der Waals surface area (Å²) in [4.78, 5) is 57.9. The van der Waals surface area contributed by atoms with E-state index >= 15 is 0 Å². The number of aliphatic hydroxyl groups is 4. The number of benzene rings is 2. The fourth-order valence-electron chi connectivity index (χ4n) is 9.51. The molecule has 2 aromatic carbocycles. The zero-order chi connectivity index (χ0) is 28.5. The summed E-state index contributed by atoms with van der Waals surface area (Å²) in [5.74, 6) is -12.2. The van der Waals surface area contributed by atoms with Crippen molar-refractivity contribution in [3.63, 3.8) is 0 Å². The second kappa shape index (κ2) is 6.54. The highest BCUT2D eigenvalue weighted by Gasteiger charge is 2.89. The fraction of sp³-hybridized carbons (Fsp3) is 0.333. The van der Waals surface area contributed by atoms with Crippen molar-refractivity contribution in [3.8, 4) is 11.5 Å². The number of aliphatic hydroxyl groups excluding tert-OH is 4. The third-order valence-corrected chi connectivity index (χ3v) is 10.4. The molecule has 6 aliphatic rings. The average molecular weight is 542 g/mol. The quantitative estimate of drug-likeness (QED) is 0.286. The fourth-order valence-corrected chi connectivity index (χ4v) is 9.51. The Bertz CT molecular complexity index is 1680. The smallest absolute Gasteiger partial charge is 0.175 e. The molecule has 10 heteroatoms. The Morgan fingerprint density at radius 3 is 1.30 bits per heavy atom. The number of aromatic hydroxyl groups is 2. The van der Waals surface area contributed by atoms with E-state index in [9.17, 15) is 49.8 Å². The van der Waals surface area contributed by atoms with Gasteiger partial charge in [-0.15, -0.1) is 0 Å². The van der Waals surface area contributed by atoms with Gasteiger partial charge in [0, 0.05) is 23.0 Å². The van der Waals surface area contributed by atoms with Gasteiger partial charge in [-0.2, -0.15) is 0 Å². The summed E-state index contributed by atoms with van der Waals surface area (Å²) < 4.78 is 0. The van der Waals surface area contributed by atoms with Crippen molar-refractivity contribution in [2.75, 3.05) is 0 Å². The van der Waals surface area contributed by atoms with Gasteiger partial charge >= 0.3 is 0 Å². The molecular formula is C30H22O10. The molecule has 2 unspecified atom stereocenters. The van der Waals surface area contributed by atoms with Gasteiger partial charge in [0.2, 0.25) is 0 Å². The Kier molecular flexibility index (Phi) is 3.86. The Morgan fingerprint density at radius 2 is 0.950 bits per heavy atom. The summed E-state index contributed by atoms with van der Waals surface area (Å²) in [7, 11) is 0. The van der Waals surface area contributed by atoms with E-state index in [-0.39, 0.29) is 22.3 Å². The number of hydrogen-bond acceptors (Lipinski definition) is 10. The lowest BCUT2D eigenvalue weighted by Crippen LogP contribution is -2.65. The zero-order valence-electron chi connectivity index (χ0n) is 21.1. The molecule has 0 amide bonds. The van der Waals surface area contributed by atoms with Gasteiger partial charge in [0.15, 0.2) is 23.1 Å². The molecule has 6 aliphatic carbocycles. The van der Waals surface area contributed by atoms with Crippen LogP contribution in [-0.4, -0.2) is 66.0 Å². The van der Waals surface area contributed by atoms with E-state index in [1.54, 1.807) is 13.8 Å². The largest absolute Gasteiger partial charge is 0.507 e. The van der Waals surface area contributed by atoms with Gasteiger partial charge in [-0.05, 0) is 49.2 Å². The number of ketones is 4. The number of fused-ring (bicyclic) bond motifs is 4. The Hall–Kier alpha value is -4.28. The molecule has 2 aromatic rings. The van der Waals surface area contributed by atoms with Crippen LogP contribution in [0.1, 0.15) is 43.0 Å². The lowest BCUT2D eigenvalue weighted by atomic mass is 9.46. The molecule has 10 nitrogen and oxygen atoms in total. The van der Waals surface area contributed by atoms with Gasteiger partial charge in [0.1, 0.15) is 23.0 Å². The molecule has 2 spiro atoms. The average Bonchev–Trinajstić information content (AvgIpc) is 3.22. The number of Topliss-reactive ketones (excluding diaryl/α,β-unsaturated/α-hetero) is 4. The first-order chi connectivity index (χ1) is 18.8. The van der Waals surface area contributed by atoms with E-state index in [0.717, 1.165) is 0 Å². The zero-order valence-corrected chi connectivity index (χ0v) is 21.1. The van der Waals surface area contributed by atoms with Crippen LogP contribution < -0.4 is 0 Å². The van der Waals surface area contributed by atoms with E-state index < -0.39 is 104 Å². The summed E-state index contributed by atoms with van der Waals surface area (Å²) in [5.41, 5.74) is -5.58. The molecule has 4 bridgehead atoms. The highest BCUT2D eigenvalue weighted by atomic mass is 16.3. The van der Waals surface area contributed by atoms with Crippen LogP contribution in [0.5, 0.6) is 11.5 Å². The first-order valence-corrected chi connectivity index (χ1v) is 12.9. The Balaban J connectivity index is 1.55. The van der Waals surface area contributed by atoms with Crippen LogP contribution in [-0.2, 0) is 9.59 Å². The summed E-state index contributed by atoms with van der Waals surface area (Å²) >= 11 is 0. The summed E-state index contributed by atoms with van der Waals surface area (Å²) in [6.45, 7) is 3.19. The Labute approximate surface area is 225 Å². The molecule has 0 radical (unpaired) electrons. The highest BCUT2D eigenvalue weighted by molar-refractivity contribution is 6.30. The van der Waals surface area contributed by atoms with Crippen LogP contribution in [0, 0.1) is 48.3 Å². The third kappa shape index (κ3) is 1.96. The maximum Gasteiger partial charge on any atom is 0.175 e. The first kappa shape index (κ1) is 23.6. The molecule has 4 saturated carbocycles. The number of hydrogen-bond donors (Lipinski definition) is 6. The third-order valence-electron chi connectivity index (χ3n) is 10.4. The van der Waals surface area contributed by atoms with Gasteiger partial charge in [0.25, 0.3) is 0 Å². The number of carbonyl (C=O) groups is 4. The number of phenolic OH excluding ortho intramolecular Hbond substituents is 2. The molecule has 0 saturated heterocycles. The molecule has 0 heterocycles. The number of phenols is 2. The molecule has 202 valence electrons. The van der Waals surface area contributed by atoms with Crippen LogP contribution in [0.2, 0.25) is 0 Å². The van der Waals surface area contributed by atoms with Crippen LogP contribution in [0.4, 0.5) is 0 Å². The minimum atomic E-state index is -2.25. The highest BCUT2D eigenvalue weighted by Crippen LogP contribution is 2.80. The van der Waals surface area contributed by atoms with E-state index in [0.29, 0.717) is 11.1 Å². The maximum absolute atomic E-state index is 14.5. The number of rotatable bonds is 0. The first-order valence-electron chi connectivity index (χ1n) is 12.9. The van der Waals surface area contributed by atoms with Gasteiger partial charge in [-0.25, -0.2) is 0 Å². The number of carbonyl (C=O) groups excluding carboxylic acids is 4. The standard InChI is InChI=1S/C30H22O10/c1-7-3-9-13(11(31)5-7)21(33)17-25(37)20-23(35)15-16-24(36)19(29(15,17)27(9)39)26(38)18-22(34)14-10(28(40)30(16,18)20)4-8(2)6-12(14)32/h3-6,15-16,19-20,23-24,31-36H,1-2H3/t15-,16+,19+,20-,23-,24-,29?,30?/m1/s1. The van der Waals surface area contributed by atoms with Crippen LogP contribution in [0.25, 0.3) is 11.5 Å². The monoisotopic (exact) mass is 542 g/mol. The van der Waals surface area contributed by atoms with Crippen molar-refractivity contribution < 1.29 is 49.8 Å². The van der Waals surface area contributed by atoms with E-state index in [1.807, 2.05) is 0 Å². The molecule has 0 aliphatic heterocycles. The van der Waals surface area contributed by atoms with E-state index in [4.69, 9.17) is 0 Å². The summed E-state index contributed by atoms with van der Waals surface area (Å²) in [6.07, 6.45) is -3.37. The molecule has 8 atom stereocenters. The molecular weight excluding hydrogens is 520 g/mol. The lowest BCUT2D eigenvalue weighted by Gasteiger charge is -2.53. The van der Waals surface area contributed by atoms with Crippen LogP contribution in [0.3, 0.4) is 0 Å². The van der Waals surface area contributed by atoms with Crippen LogP contribution >= 0.6 is 0 Å². The second-order valence-electron chi connectivity index (χ2n) is 12.0. The van der Waals surface area contributed by atoms with Crippen molar-refractivity contribution in [2.24, 2.45) is 34.5 Å². The van der Waals surface area contributed by atoms with E-state index in [1.165, 1.54) is 24.3 Å². The van der Waals surface area contributed by atoms with Gasteiger partial charge in [-0.3, -0.25) is 19.2 Å². The second-order valence-corrected chi connectivity index (χ2v) is 12.0. The Morgan fingerprint density at radius 1 is 0.600 bits per heavy atom. The van der Waals surface area contributed by atoms with Gasteiger partial charge < -0.3 is 30.6 Å². The minimum absolute atomic E-state index is 0.185. The van der Waals surface area contributed by atoms with Crippen LogP contribution in [0.15, 0.2) is 35.4 Å². The maximum atomic E-state index is 14.5. The SMILES string of the molecule is Cc1cc(O)c2c(c1)C(=O)C13C(=C2O)C(=O)[C@H]2[C@H](O)[C@H]1[C@H]1[C@@H](O)[C@H]3C(=O)C3=C(O)c4c(O)cc(C)cc4C(=O)C312. The lowest BCUT2D eigenvalue weighted by molar-refractivity contribution is -0.142. The number of allylic oxidation sites excluding steroid dienone is 2. The molecule has 0 aromatic heterocycles. The topological polar surface area (TPSA) is 190 Å². The van der Waals surface area contributed by atoms with Crippen molar-refractivity contribution in [1.82, 2.24) is 0 Å². The molecule has 4 fully saturated rings. The normalized spacial score (nSPS) is 38.1. The van der Waals surface area contributed by atoms with Crippen molar-refractivity contribution >= 4 is 34.7 Å². The number of aryl methyl sites for hydroxylation is 2. The summed E-state index contributed by atoms with van der Waals surface area (Å²) in [5, 5.41) is 67.8. The molecule has 6 N–H and O–H groups in total.